The van der Waals surface area contributed by atoms with Crippen molar-refractivity contribution in [3.63, 3.8) is 0 Å². The Balaban J connectivity index is 2.60. The van der Waals surface area contributed by atoms with Gasteiger partial charge in [-0.25, -0.2) is 14.8 Å². The first-order chi connectivity index (χ1) is 8.15. The maximum absolute atomic E-state index is 11.0. The maximum Gasteiger partial charge on any atom is 0.337 e. The van der Waals surface area contributed by atoms with E-state index in [1.807, 2.05) is 6.92 Å². The van der Waals surface area contributed by atoms with Gasteiger partial charge in [0.2, 0.25) is 0 Å². The van der Waals surface area contributed by atoms with Crippen molar-refractivity contribution in [3.8, 4) is 5.82 Å². The van der Waals surface area contributed by atoms with Crippen LogP contribution in [0.2, 0.25) is 5.02 Å². The van der Waals surface area contributed by atoms with Crippen molar-refractivity contribution in [2.75, 3.05) is 0 Å². The quantitative estimate of drug-likeness (QED) is 0.908. The summed E-state index contributed by atoms with van der Waals surface area (Å²) >= 11 is 6.03. The van der Waals surface area contributed by atoms with Crippen LogP contribution in [0.5, 0.6) is 0 Å². The molecule has 0 saturated heterocycles. The second kappa shape index (κ2) is 4.55. The van der Waals surface area contributed by atoms with Gasteiger partial charge in [0.25, 0.3) is 0 Å². The van der Waals surface area contributed by atoms with E-state index in [0.29, 0.717) is 12.2 Å². The first-order valence-corrected chi connectivity index (χ1v) is 5.43. The van der Waals surface area contributed by atoms with Crippen LogP contribution in [-0.2, 0) is 6.42 Å². The average Bonchev–Trinajstić information content (AvgIpc) is 2.76. The fourth-order valence-electron chi connectivity index (χ4n) is 1.55. The molecule has 0 aliphatic heterocycles. The van der Waals surface area contributed by atoms with Gasteiger partial charge in [0.15, 0.2) is 5.82 Å². The summed E-state index contributed by atoms with van der Waals surface area (Å²) in [6.45, 7) is 1.95. The highest BCUT2D eigenvalue weighted by molar-refractivity contribution is 6.35. The zero-order valence-electron chi connectivity index (χ0n) is 9.09. The number of aromatic nitrogens is 3. The van der Waals surface area contributed by atoms with Gasteiger partial charge in [-0.05, 0) is 6.07 Å². The topological polar surface area (TPSA) is 68.0 Å². The minimum Gasteiger partial charge on any atom is -0.478 e. The van der Waals surface area contributed by atoms with E-state index >= 15 is 0 Å². The third-order valence-electron chi connectivity index (χ3n) is 2.36. The molecule has 2 rings (SSSR count). The van der Waals surface area contributed by atoms with Crippen molar-refractivity contribution < 1.29 is 9.90 Å². The van der Waals surface area contributed by atoms with Crippen LogP contribution >= 0.6 is 11.6 Å². The van der Waals surface area contributed by atoms with Gasteiger partial charge in [0, 0.05) is 25.0 Å². The normalized spacial score (nSPS) is 10.5. The van der Waals surface area contributed by atoms with Crippen LogP contribution in [0, 0.1) is 0 Å². The third kappa shape index (κ3) is 2.01. The monoisotopic (exact) mass is 251 g/mol. The van der Waals surface area contributed by atoms with Crippen molar-refractivity contribution in [1.29, 1.82) is 0 Å². The lowest BCUT2D eigenvalue weighted by Crippen LogP contribution is -2.06. The van der Waals surface area contributed by atoms with Crippen LogP contribution in [0.4, 0.5) is 0 Å². The van der Waals surface area contributed by atoms with E-state index in [4.69, 9.17) is 16.7 Å². The fraction of sp³-hybridized carbons (Fsp3) is 0.182. The van der Waals surface area contributed by atoms with Crippen molar-refractivity contribution in [3.05, 3.63) is 41.1 Å². The molecule has 0 atom stereocenters. The summed E-state index contributed by atoms with van der Waals surface area (Å²) in [5.74, 6) is 0.0969. The minimum absolute atomic E-state index is 0.0346. The van der Waals surface area contributed by atoms with Gasteiger partial charge in [-0.15, -0.1) is 0 Å². The molecule has 5 nitrogen and oxygen atoms in total. The van der Waals surface area contributed by atoms with E-state index in [1.54, 1.807) is 17.0 Å². The molecule has 2 heterocycles. The highest BCUT2D eigenvalue weighted by Crippen LogP contribution is 2.23. The summed E-state index contributed by atoms with van der Waals surface area (Å²) in [7, 11) is 0. The Bertz CT molecular complexity index is 566. The zero-order chi connectivity index (χ0) is 12.4. The van der Waals surface area contributed by atoms with Crippen LogP contribution in [0.15, 0.2) is 24.7 Å². The lowest BCUT2D eigenvalue weighted by Gasteiger charge is -2.08. The van der Waals surface area contributed by atoms with Crippen LogP contribution in [-0.4, -0.2) is 25.6 Å². The van der Waals surface area contributed by atoms with Crippen molar-refractivity contribution in [2.45, 2.75) is 13.3 Å². The van der Waals surface area contributed by atoms with Gasteiger partial charge in [-0.2, -0.15) is 0 Å². The van der Waals surface area contributed by atoms with Gasteiger partial charge >= 0.3 is 5.97 Å². The molecule has 88 valence electrons. The van der Waals surface area contributed by atoms with E-state index in [9.17, 15) is 4.79 Å². The summed E-state index contributed by atoms with van der Waals surface area (Å²) < 4.78 is 1.69. The number of imidazole rings is 1. The molecule has 0 aliphatic carbocycles. The summed E-state index contributed by atoms with van der Waals surface area (Å²) in [4.78, 5) is 19.2. The average molecular weight is 252 g/mol. The number of rotatable bonds is 3. The molecule has 17 heavy (non-hydrogen) atoms. The predicted molar refractivity (Wildman–Crippen MR) is 62.7 cm³/mol. The Hall–Kier alpha value is -1.88. The van der Waals surface area contributed by atoms with Crippen molar-refractivity contribution >= 4 is 17.6 Å². The third-order valence-corrected chi connectivity index (χ3v) is 2.74. The van der Waals surface area contributed by atoms with Gasteiger partial charge in [0.1, 0.15) is 5.82 Å². The Labute approximate surface area is 103 Å². The van der Waals surface area contributed by atoms with Crippen LogP contribution in [0.25, 0.3) is 5.82 Å². The van der Waals surface area contributed by atoms with Crippen LogP contribution < -0.4 is 0 Å². The Morgan fingerprint density at radius 2 is 2.24 bits per heavy atom. The molecule has 0 unspecified atom stereocenters. The Morgan fingerprint density at radius 3 is 2.88 bits per heavy atom. The summed E-state index contributed by atoms with van der Waals surface area (Å²) in [5.41, 5.74) is 0.0346. The fourth-order valence-corrected chi connectivity index (χ4v) is 1.84. The molecule has 0 spiro atoms. The molecule has 2 aromatic heterocycles. The highest BCUT2D eigenvalue weighted by atomic mass is 35.5. The smallest absolute Gasteiger partial charge is 0.337 e. The second-order valence-electron chi connectivity index (χ2n) is 3.37. The molecule has 1 N–H and O–H groups in total. The van der Waals surface area contributed by atoms with Crippen LogP contribution in [0.1, 0.15) is 23.1 Å². The minimum atomic E-state index is -1.07. The highest BCUT2D eigenvalue weighted by Gasteiger charge is 2.15. The Kier molecular flexibility index (Phi) is 3.10. The van der Waals surface area contributed by atoms with Crippen LogP contribution in [0.3, 0.4) is 0 Å². The van der Waals surface area contributed by atoms with Crippen molar-refractivity contribution in [1.82, 2.24) is 14.5 Å². The lowest BCUT2D eigenvalue weighted by molar-refractivity contribution is 0.0697. The number of pyridine rings is 1. The SMILES string of the molecule is CCc1nccn1-c1nccc(C(=O)O)c1Cl. The van der Waals surface area contributed by atoms with Gasteiger partial charge < -0.3 is 5.11 Å². The molecule has 2 aromatic rings. The molecule has 0 bridgehead atoms. The molecular weight excluding hydrogens is 242 g/mol. The second-order valence-corrected chi connectivity index (χ2v) is 3.75. The molecule has 0 aliphatic rings. The summed E-state index contributed by atoms with van der Waals surface area (Å²) in [6.07, 6.45) is 5.47. The summed E-state index contributed by atoms with van der Waals surface area (Å²) in [6, 6.07) is 1.37. The largest absolute Gasteiger partial charge is 0.478 e. The number of carboxylic acid groups (broad SMARTS) is 1. The van der Waals surface area contributed by atoms with E-state index in [0.717, 1.165) is 5.82 Å². The van der Waals surface area contributed by atoms with E-state index in [1.165, 1.54) is 12.3 Å². The van der Waals surface area contributed by atoms with Gasteiger partial charge in [-0.3, -0.25) is 4.57 Å². The standard InChI is InChI=1S/C11H10ClN3O2/c1-2-8-13-5-6-15(8)10-9(12)7(11(16)17)3-4-14-10/h3-6H,2H2,1H3,(H,16,17). The molecule has 6 heteroatoms. The number of hydrogen-bond donors (Lipinski definition) is 1. The maximum atomic E-state index is 11.0. The van der Waals surface area contributed by atoms with Gasteiger partial charge in [-0.1, -0.05) is 18.5 Å². The molecule has 0 aromatic carbocycles. The number of nitrogens with zero attached hydrogens (tertiary/aromatic N) is 3. The molecule has 0 radical (unpaired) electrons. The van der Waals surface area contributed by atoms with Gasteiger partial charge in [0.05, 0.1) is 10.6 Å². The molecular formula is C11H10ClN3O2. The van der Waals surface area contributed by atoms with E-state index in [2.05, 4.69) is 9.97 Å². The zero-order valence-corrected chi connectivity index (χ0v) is 9.85. The number of aryl methyl sites for hydroxylation is 1. The predicted octanol–water partition coefficient (Wildman–Crippen LogP) is 2.18. The van der Waals surface area contributed by atoms with Crippen molar-refractivity contribution in [2.24, 2.45) is 0 Å². The number of hydrogen-bond acceptors (Lipinski definition) is 3. The number of aromatic carboxylic acids is 1. The number of halogens is 1. The molecule has 0 amide bonds. The first-order valence-electron chi connectivity index (χ1n) is 5.05. The van der Waals surface area contributed by atoms with E-state index in [-0.39, 0.29) is 10.6 Å². The molecule has 0 saturated carbocycles. The number of carboxylic acids is 1. The number of carbonyl (C=O) groups is 1. The Morgan fingerprint density at radius 1 is 1.47 bits per heavy atom. The van der Waals surface area contributed by atoms with E-state index < -0.39 is 5.97 Å². The molecule has 0 fully saturated rings. The summed E-state index contributed by atoms with van der Waals surface area (Å²) in [5, 5.41) is 9.10. The first kappa shape index (κ1) is 11.6. The lowest BCUT2D eigenvalue weighted by atomic mass is 10.2.